The van der Waals surface area contributed by atoms with E-state index < -0.39 is 29.7 Å². The molecule has 7 nitrogen and oxygen atoms in total. The number of rotatable bonds is 11. The lowest BCUT2D eigenvalue weighted by Gasteiger charge is -2.26. The van der Waals surface area contributed by atoms with E-state index in [9.17, 15) is 19.2 Å². The zero-order chi connectivity index (χ0) is 25.9. The molecule has 1 aliphatic rings. The highest BCUT2D eigenvalue weighted by Crippen LogP contribution is 2.17. The van der Waals surface area contributed by atoms with Crippen molar-refractivity contribution < 1.29 is 19.2 Å². The number of nitrogens with one attached hydrogen (secondary N) is 3. The molecular weight excluding hydrogens is 454 g/mol. The second-order valence-corrected chi connectivity index (χ2v) is 9.95. The molecule has 0 radical (unpaired) electrons. The smallest absolute Gasteiger partial charge is 0.289 e. The summed E-state index contributed by atoms with van der Waals surface area (Å²) in [6.45, 7) is 3.92. The van der Waals surface area contributed by atoms with Crippen LogP contribution in [0.4, 0.5) is 0 Å². The Balaban J connectivity index is 1.75. The Morgan fingerprint density at radius 1 is 0.806 bits per heavy atom. The number of hydrogen-bond acceptors (Lipinski definition) is 4. The normalized spacial score (nSPS) is 15.5. The van der Waals surface area contributed by atoms with Crippen molar-refractivity contribution in [1.82, 2.24) is 16.0 Å². The van der Waals surface area contributed by atoms with Gasteiger partial charge in [-0.2, -0.15) is 0 Å². The summed E-state index contributed by atoms with van der Waals surface area (Å²) in [7, 11) is 0. The van der Waals surface area contributed by atoms with Crippen LogP contribution < -0.4 is 16.0 Å². The third-order valence-electron chi connectivity index (χ3n) is 6.44. The van der Waals surface area contributed by atoms with E-state index in [1.807, 2.05) is 50.2 Å². The molecule has 192 valence electrons. The molecule has 7 heteroatoms. The van der Waals surface area contributed by atoms with Crippen LogP contribution in [0.3, 0.4) is 0 Å². The molecule has 3 amide bonds. The topological polar surface area (TPSA) is 104 Å². The van der Waals surface area contributed by atoms with E-state index in [1.165, 1.54) is 0 Å². The van der Waals surface area contributed by atoms with Crippen molar-refractivity contribution in [3.05, 3.63) is 71.8 Å². The predicted molar refractivity (Wildman–Crippen MR) is 139 cm³/mol. The van der Waals surface area contributed by atoms with Crippen LogP contribution in [0.5, 0.6) is 0 Å². The number of Topliss-reactive ketones (excluding diaryl/α,β-unsaturated/α-hetero) is 1. The lowest BCUT2D eigenvalue weighted by molar-refractivity contribution is -0.140. The van der Waals surface area contributed by atoms with Crippen LogP contribution in [-0.2, 0) is 20.8 Å². The van der Waals surface area contributed by atoms with E-state index >= 15 is 0 Å². The van der Waals surface area contributed by atoms with Gasteiger partial charge in [-0.05, 0) is 42.9 Å². The third kappa shape index (κ3) is 8.33. The summed E-state index contributed by atoms with van der Waals surface area (Å²) in [5.41, 5.74) is 1.28. The first-order valence-electron chi connectivity index (χ1n) is 12.9. The summed E-state index contributed by atoms with van der Waals surface area (Å²) in [6, 6.07) is 16.1. The maximum Gasteiger partial charge on any atom is 0.289 e. The van der Waals surface area contributed by atoms with Crippen molar-refractivity contribution in [2.75, 3.05) is 0 Å². The first kappa shape index (κ1) is 27.1. The lowest BCUT2D eigenvalue weighted by atomic mass is 9.94. The van der Waals surface area contributed by atoms with Crippen LogP contribution >= 0.6 is 0 Å². The van der Waals surface area contributed by atoms with Gasteiger partial charge in [0.25, 0.3) is 11.8 Å². The van der Waals surface area contributed by atoms with Gasteiger partial charge in [-0.15, -0.1) is 0 Å². The molecule has 1 saturated carbocycles. The average Bonchev–Trinajstić information content (AvgIpc) is 2.88. The van der Waals surface area contributed by atoms with Gasteiger partial charge in [-0.3, -0.25) is 19.2 Å². The predicted octanol–water partition coefficient (Wildman–Crippen LogP) is 3.58. The van der Waals surface area contributed by atoms with Crippen LogP contribution in [0.25, 0.3) is 0 Å². The summed E-state index contributed by atoms with van der Waals surface area (Å²) in [6.07, 6.45) is 5.49. The molecule has 2 aromatic rings. The van der Waals surface area contributed by atoms with Crippen LogP contribution in [0.1, 0.15) is 68.3 Å². The van der Waals surface area contributed by atoms with Gasteiger partial charge in [-0.25, -0.2) is 0 Å². The molecule has 3 rings (SSSR count). The van der Waals surface area contributed by atoms with Gasteiger partial charge in [0.2, 0.25) is 11.7 Å². The van der Waals surface area contributed by atoms with E-state index in [1.54, 1.807) is 24.3 Å². The highest BCUT2D eigenvalue weighted by atomic mass is 16.2. The van der Waals surface area contributed by atoms with Crippen LogP contribution in [0, 0.1) is 5.92 Å². The Morgan fingerprint density at radius 3 is 2.03 bits per heavy atom. The largest absolute Gasteiger partial charge is 0.347 e. The van der Waals surface area contributed by atoms with E-state index in [-0.39, 0.29) is 24.3 Å². The van der Waals surface area contributed by atoms with E-state index in [4.69, 9.17) is 0 Å². The third-order valence-corrected chi connectivity index (χ3v) is 6.44. The summed E-state index contributed by atoms with van der Waals surface area (Å²) in [5.74, 6) is -2.06. The van der Waals surface area contributed by atoms with Gasteiger partial charge in [-0.1, -0.05) is 81.6 Å². The van der Waals surface area contributed by atoms with Crippen molar-refractivity contribution in [1.29, 1.82) is 0 Å². The van der Waals surface area contributed by atoms with Crippen molar-refractivity contribution in [2.24, 2.45) is 5.92 Å². The van der Waals surface area contributed by atoms with Crippen molar-refractivity contribution in [2.45, 2.75) is 76.9 Å². The first-order valence-corrected chi connectivity index (χ1v) is 12.9. The fraction of sp³-hybridized carbons (Fsp3) is 0.448. The Morgan fingerprint density at radius 2 is 1.42 bits per heavy atom. The summed E-state index contributed by atoms with van der Waals surface area (Å²) in [4.78, 5) is 52.2. The molecule has 2 unspecified atom stereocenters. The number of ketones is 1. The summed E-state index contributed by atoms with van der Waals surface area (Å²) < 4.78 is 0. The first-order chi connectivity index (χ1) is 17.3. The van der Waals surface area contributed by atoms with E-state index in [0.29, 0.717) is 12.0 Å². The number of hydrogen-bond donors (Lipinski definition) is 3. The van der Waals surface area contributed by atoms with Gasteiger partial charge in [0.1, 0.15) is 12.1 Å². The Bertz CT molecular complexity index is 1020. The highest BCUT2D eigenvalue weighted by Gasteiger charge is 2.32. The maximum atomic E-state index is 13.4. The Hall–Kier alpha value is -3.48. The van der Waals surface area contributed by atoms with E-state index in [2.05, 4.69) is 16.0 Å². The molecular formula is C29H37N3O4. The quantitative estimate of drug-likeness (QED) is 0.418. The maximum absolute atomic E-state index is 13.4. The molecule has 1 fully saturated rings. The average molecular weight is 492 g/mol. The monoisotopic (exact) mass is 491 g/mol. The molecule has 2 aromatic carbocycles. The highest BCUT2D eigenvalue weighted by molar-refractivity contribution is 6.38. The second-order valence-electron chi connectivity index (χ2n) is 9.95. The number of carbonyl (C=O) groups excluding carboxylic acids is 4. The second kappa shape index (κ2) is 13.6. The minimum atomic E-state index is -1.04. The molecule has 0 aliphatic heterocycles. The Kier molecular flexibility index (Phi) is 10.2. The van der Waals surface area contributed by atoms with Gasteiger partial charge in [0.05, 0.1) is 0 Å². The molecule has 0 bridgehead atoms. The Labute approximate surface area is 213 Å². The number of amides is 3. The van der Waals surface area contributed by atoms with Crippen molar-refractivity contribution in [3.8, 4) is 0 Å². The molecule has 0 spiro atoms. The number of carbonyl (C=O) groups is 4. The molecule has 0 saturated heterocycles. The van der Waals surface area contributed by atoms with Gasteiger partial charge in [0.15, 0.2) is 0 Å². The van der Waals surface area contributed by atoms with Crippen molar-refractivity contribution >= 4 is 23.5 Å². The minimum Gasteiger partial charge on any atom is -0.347 e. The fourth-order valence-corrected chi connectivity index (χ4v) is 4.53. The molecule has 0 aromatic heterocycles. The summed E-state index contributed by atoms with van der Waals surface area (Å²) >= 11 is 0. The lowest BCUT2D eigenvalue weighted by Crippen LogP contribution is -2.55. The van der Waals surface area contributed by atoms with Gasteiger partial charge < -0.3 is 16.0 Å². The zero-order valence-corrected chi connectivity index (χ0v) is 21.2. The van der Waals surface area contributed by atoms with Crippen molar-refractivity contribution in [3.63, 3.8) is 0 Å². The fourth-order valence-electron chi connectivity index (χ4n) is 4.53. The summed E-state index contributed by atoms with van der Waals surface area (Å²) in [5, 5.41) is 8.45. The van der Waals surface area contributed by atoms with Crippen LogP contribution in [-0.4, -0.2) is 41.6 Å². The van der Waals surface area contributed by atoms with Crippen LogP contribution in [0.15, 0.2) is 60.7 Å². The minimum absolute atomic E-state index is 0.0119. The molecule has 2 atom stereocenters. The van der Waals surface area contributed by atoms with Gasteiger partial charge >= 0.3 is 0 Å². The molecule has 36 heavy (non-hydrogen) atoms. The zero-order valence-electron chi connectivity index (χ0n) is 21.2. The van der Waals surface area contributed by atoms with E-state index in [0.717, 1.165) is 37.7 Å². The molecule has 1 aliphatic carbocycles. The number of benzene rings is 2. The molecule has 3 N–H and O–H groups in total. The van der Waals surface area contributed by atoms with Gasteiger partial charge in [0, 0.05) is 18.0 Å². The molecule has 0 heterocycles. The standard InChI is InChI=1S/C29H37N3O4/c1-20(2)18-25(32-27(34)22-14-8-4-9-15-22)28(35)31-24(19-21-12-6-3-7-13-21)26(33)29(36)30-23-16-10-5-11-17-23/h3-4,6-9,12-15,20,23-25H,5,10-11,16-19H2,1-2H3,(H,30,36)(H,31,35)(H,32,34). The SMILES string of the molecule is CC(C)CC(NC(=O)c1ccccc1)C(=O)NC(Cc1ccccc1)C(=O)C(=O)NC1CCCCC1. The van der Waals surface area contributed by atoms with Crippen LogP contribution in [0.2, 0.25) is 0 Å².